The molecule has 1 N–H and O–H groups in total. The lowest BCUT2D eigenvalue weighted by atomic mass is 10.2. The fourth-order valence-corrected chi connectivity index (χ4v) is 2.28. The van der Waals surface area contributed by atoms with Crippen LogP contribution in [0.5, 0.6) is 5.75 Å². The highest BCUT2D eigenvalue weighted by Gasteiger charge is 2.10. The van der Waals surface area contributed by atoms with E-state index in [-0.39, 0.29) is 5.97 Å². The van der Waals surface area contributed by atoms with Crippen LogP contribution in [0.3, 0.4) is 0 Å². The number of carboxylic acids is 1. The van der Waals surface area contributed by atoms with Crippen molar-refractivity contribution in [1.82, 2.24) is 4.90 Å². The minimum atomic E-state index is -1.04. The molecule has 0 aromatic heterocycles. The summed E-state index contributed by atoms with van der Waals surface area (Å²) in [4.78, 5) is 24.8. The first-order valence-corrected chi connectivity index (χ1v) is 8.91. The molecule has 0 aliphatic heterocycles. The highest BCUT2D eigenvalue weighted by Crippen LogP contribution is 2.13. The summed E-state index contributed by atoms with van der Waals surface area (Å²) in [6.07, 6.45) is 4.60. The third kappa shape index (κ3) is 9.10. The van der Waals surface area contributed by atoms with Crippen molar-refractivity contribution < 1.29 is 24.2 Å². The minimum Gasteiger partial charge on any atom is -0.482 e. The molecule has 25 heavy (non-hydrogen) atoms. The second-order valence-corrected chi connectivity index (χ2v) is 5.89. The van der Waals surface area contributed by atoms with E-state index in [2.05, 4.69) is 18.7 Å². The van der Waals surface area contributed by atoms with Gasteiger partial charge < -0.3 is 14.6 Å². The predicted octanol–water partition coefficient (Wildman–Crippen LogP) is 3.21. The molecule has 0 unspecified atom stereocenters. The Balaban J connectivity index is 2.40. The smallest absolute Gasteiger partial charge is 0.341 e. The zero-order valence-corrected chi connectivity index (χ0v) is 15.2. The third-order valence-corrected chi connectivity index (χ3v) is 3.75. The number of carbonyl (C=O) groups excluding carboxylic acids is 1. The van der Waals surface area contributed by atoms with Crippen LogP contribution in [0.25, 0.3) is 0 Å². The number of nitrogens with zero attached hydrogens (tertiary/aromatic N) is 1. The molecule has 0 atom stereocenters. The Kier molecular flexibility index (Phi) is 10.3. The quantitative estimate of drug-likeness (QED) is 0.550. The van der Waals surface area contributed by atoms with E-state index in [1.54, 1.807) is 24.3 Å². The molecule has 6 heteroatoms. The van der Waals surface area contributed by atoms with Gasteiger partial charge in [-0.2, -0.15) is 0 Å². The van der Waals surface area contributed by atoms with Gasteiger partial charge in [-0.3, -0.25) is 4.90 Å². The van der Waals surface area contributed by atoms with Crippen LogP contribution in [-0.4, -0.2) is 54.8 Å². The zero-order valence-electron chi connectivity index (χ0n) is 15.2. The Hall–Kier alpha value is -2.08. The van der Waals surface area contributed by atoms with Gasteiger partial charge in [0.15, 0.2) is 6.61 Å². The Morgan fingerprint density at radius 3 is 2.12 bits per heavy atom. The Morgan fingerprint density at radius 2 is 1.60 bits per heavy atom. The number of hydrogen-bond acceptors (Lipinski definition) is 5. The Morgan fingerprint density at radius 1 is 1.00 bits per heavy atom. The van der Waals surface area contributed by atoms with E-state index < -0.39 is 12.6 Å². The van der Waals surface area contributed by atoms with E-state index >= 15 is 0 Å². The van der Waals surface area contributed by atoms with Gasteiger partial charge in [0.05, 0.1) is 5.56 Å². The average Bonchev–Trinajstić information content (AvgIpc) is 2.62. The summed E-state index contributed by atoms with van der Waals surface area (Å²) in [5, 5.41) is 8.56. The topological polar surface area (TPSA) is 76.1 Å². The fourth-order valence-electron chi connectivity index (χ4n) is 2.28. The van der Waals surface area contributed by atoms with Crippen LogP contribution in [0.15, 0.2) is 24.3 Å². The number of carboxylic acid groups (broad SMARTS) is 1. The van der Waals surface area contributed by atoms with Crippen LogP contribution in [0, 0.1) is 0 Å². The highest BCUT2D eigenvalue weighted by atomic mass is 16.5. The van der Waals surface area contributed by atoms with E-state index in [0.29, 0.717) is 17.9 Å². The largest absolute Gasteiger partial charge is 0.482 e. The maximum Gasteiger partial charge on any atom is 0.341 e. The van der Waals surface area contributed by atoms with Crippen molar-refractivity contribution in [2.45, 2.75) is 39.5 Å². The fraction of sp³-hybridized carbons (Fsp3) is 0.579. The molecule has 0 spiro atoms. The van der Waals surface area contributed by atoms with Gasteiger partial charge in [0.25, 0.3) is 0 Å². The number of ether oxygens (including phenoxy) is 2. The summed E-state index contributed by atoms with van der Waals surface area (Å²) in [5.41, 5.74) is 0.427. The molecule has 0 saturated heterocycles. The predicted molar refractivity (Wildman–Crippen MR) is 96.1 cm³/mol. The molecular weight excluding hydrogens is 322 g/mol. The van der Waals surface area contributed by atoms with Gasteiger partial charge in [0.1, 0.15) is 12.4 Å². The minimum absolute atomic E-state index is 0.365. The monoisotopic (exact) mass is 351 g/mol. The second-order valence-electron chi connectivity index (χ2n) is 5.89. The van der Waals surface area contributed by atoms with E-state index in [4.69, 9.17) is 14.6 Å². The van der Waals surface area contributed by atoms with Gasteiger partial charge in [-0.1, -0.05) is 26.7 Å². The third-order valence-electron chi connectivity index (χ3n) is 3.75. The van der Waals surface area contributed by atoms with Crippen molar-refractivity contribution in [3.05, 3.63) is 29.8 Å². The molecule has 1 aromatic carbocycles. The normalized spacial score (nSPS) is 10.7. The number of carbonyl (C=O) groups is 2. The molecule has 0 saturated carbocycles. The van der Waals surface area contributed by atoms with Crippen LogP contribution in [-0.2, 0) is 9.53 Å². The maximum atomic E-state index is 12.1. The first-order valence-electron chi connectivity index (χ1n) is 8.91. The van der Waals surface area contributed by atoms with E-state index in [9.17, 15) is 9.59 Å². The number of hydrogen-bond donors (Lipinski definition) is 1. The molecule has 1 rings (SSSR count). The van der Waals surface area contributed by atoms with Crippen molar-refractivity contribution in [3.63, 3.8) is 0 Å². The van der Waals surface area contributed by atoms with Gasteiger partial charge in [0.2, 0.25) is 0 Å². The van der Waals surface area contributed by atoms with Crippen molar-refractivity contribution in [2.75, 3.05) is 32.8 Å². The van der Waals surface area contributed by atoms with Crippen LogP contribution in [0.2, 0.25) is 0 Å². The van der Waals surface area contributed by atoms with Gasteiger partial charge >= 0.3 is 11.9 Å². The number of unbranched alkanes of at least 4 members (excludes halogenated alkanes) is 2. The summed E-state index contributed by atoms with van der Waals surface area (Å²) < 4.78 is 10.4. The number of benzene rings is 1. The summed E-state index contributed by atoms with van der Waals surface area (Å²) in [6, 6.07) is 6.28. The zero-order chi connectivity index (χ0) is 18.5. The lowest BCUT2D eigenvalue weighted by molar-refractivity contribution is -0.139. The van der Waals surface area contributed by atoms with Crippen LogP contribution < -0.4 is 4.74 Å². The van der Waals surface area contributed by atoms with Gasteiger partial charge in [-0.15, -0.1) is 0 Å². The molecule has 0 fully saturated rings. The number of rotatable bonds is 13. The van der Waals surface area contributed by atoms with Crippen LogP contribution >= 0.6 is 0 Å². The lowest BCUT2D eigenvalue weighted by Gasteiger charge is -2.21. The molecule has 140 valence electrons. The molecule has 6 nitrogen and oxygen atoms in total. The van der Waals surface area contributed by atoms with Crippen LogP contribution in [0.4, 0.5) is 0 Å². The number of esters is 1. The van der Waals surface area contributed by atoms with Crippen molar-refractivity contribution in [2.24, 2.45) is 0 Å². The lowest BCUT2D eigenvalue weighted by Crippen LogP contribution is -2.30. The van der Waals surface area contributed by atoms with Crippen molar-refractivity contribution in [1.29, 1.82) is 0 Å². The van der Waals surface area contributed by atoms with E-state index in [0.717, 1.165) is 45.3 Å². The summed E-state index contributed by atoms with van der Waals surface area (Å²) in [5.74, 6) is -1.01. The standard InChI is InChI=1S/C19H29NO5/c1-3-5-11-20(12-6-4-2)13-14-24-19(23)16-7-9-17(10-8-16)25-15-18(21)22/h7-10H,3-6,11-15H2,1-2H3,(H,21,22). The molecule has 1 aromatic rings. The SMILES string of the molecule is CCCCN(CCCC)CCOC(=O)c1ccc(OCC(=O)O)cc1. The van der Waals surface area contributed by atoms with Gasteiger partial charge in [-0.25, -0.2) is 9.59 Å². The molecule has 0 aliphatic carbocycles. The molecule has 0 aliphatic rings. The Bertz CT molecular complexity index is 507. The molecule has 0 radical (unpaired) electrons. The molecule has 0 amide bonds. The molecular formula is C19H29NO5. The Labute approximate surface area is 149 Å². The van der Waals surface area contributed by atoms with E-state index in [1.165, 1.54) is 0 Å². The van der Waals surface area contributed by atoms with Gasteiger partial charge in [-0.05, 0) is 50.2 Å². The second kappa shape index (κ2) is 12.3. The molecule has 0 bridgehead atoms. The van der Waals surface area contributed by atoms with Crippen LogP contribution in [0.1, 0.15) is 49.9 Å². The average molecular weight is 351 g/mol. The summed E-state index contributed by atoms with van der Waals surface area (Å²) in [6.45, 7) is 7.10. The van der Waals surface area contributed by atoms with Crippen molar-refractivity contribution in [3.8, 4) is 5.75 Å². The first kappa shape index (κ1) is 21.0. The summed E-state index contributed by atoms with van der Waals surface area (Å²) >= 11 is 0. The summed E-state index contributed by atoms with van der Waals surface area (Å²) in [7, 11) is 0. The van der Waals surface area contributed by atoms with Crippen molar-refractivity contribution >= 4 is 11.9 Å². The molecule has 0 heterocycles. The maximum absolute atomic E-state index is 12.1. The highest BCUT2D eigenvalue weighted by molar-refractivity contribution is 5.89. The van der Waals surface area contributed by atoms with E-state index in [1.807, 2.05) is 0 Å². The van der Waals surface area contributed by atoms with Gasteiger partial charge in [0, 0.05) is 6.54 Å². The number of aliphatic carboxylic acids is 1. The first-order chi connectivity index (χ1) is 12.1.